The van der Waals surface area contributed by atoms with Crippen molar-refractivity contribution in [1.29, 1.82) is 0 Å². The highest BCUT2D eigenvalue weighted by atomic mass is 32.1. The van der Waals surface area contributed by atoms with Crippen molar-refractivity contribution in [3.05, 3.63) is 35.2 Å². The minimum absolute atomic E-state index is 0.112. The summed E-state index contributed by atoms with van der Waals surface area (Å²) in [5.74, 6) is -0.412. The van der Waals surface area contributed by atoms with Crippen LogP contribution in [0.4, 0.5) is 5.13 Å². The van der Waals surface area contributed by atoms with E-state index in [1.54, 1.807) is 6.92 Å². The van der Waals surface area contributed by atoms with Crippen molar-refractivity contribution >= 4 is 28.3 Å². The Morgan fingerprint density at radius 2 is 1.88 bits per heavy atom. The second-order valence-electron chi connectivity index (χ2n) is 6.34. The topological polar surface area (TPSA) is 68.3 Å². The van der Waals surface area contributed by atoms with Gasteiger partial charge in [0.1, 0.15) is 0 Å². The summed E-state index contributed by atoms with van der Waals surface area (Å²) in [5, 5.41) is 3.33. The number of esters is 1. The molecule has 1 amide bonds. The van der Waals surface area contributed by atoms with Gasteiger partial charge in [0.05, 0.1) is 18.7 Å². The molecule has 1 N–H and O–H groups in total. The second kappa shape index (κ2) is 7.57. The molecule has 0 aliphatic heterocycles. The number of aromatic nitrogens is 1. The predicted octanol–water partition coefficient (Wildman–Crippen LogP) is 3.90. The van der Waals surface area contributed by atoms with Crippen LogP contribution in [0.2, 0.25) is 0 Å². The highest BCUT2D eigenvalue weighted by Crippen LogP contribution is 2.32. The van der Waals surface area contributed by atoms with Crippen LogP contribution >= 0.6 is 11.3 Å². The number of rotatable bonds is 5. The van der Waals surface area contributed by atoms with Crippen LogP contribution in [0.15, 0.2) is 30.3 Å². The molecule has 1 aromatic carbocycles. The maximum atomic E-state index is 12.2. The van der Waals surface area contributed by atoms with Crippen LogP contribution in [0.5, 0.6) is 0 Å². The van der Waals surface area contributed by atoms with Crippen molar-refractivity contribution in [1.82, 2.24) is 4.98 Å². The molecule has 0 radical (unpaired) electrons. The normalized spacial score (nSPS) is 11.2. The third kappa shape index (κ3) is 4.64. The van der Waals surface area contributed by atoms with Crippen molar-refractivity contribution in [2.75, 3.05) is 11.9 Å². The first-order chi connectivity index (χ1) is 11.3. The summed E-state index contributed by atoms with van der Waals surface area (Å²) in [4.78, 5) is 29.3. The molecule has 0 unspecified atom stereocenters. The van der Waals surface area contributed by atoms with Gasteiger partial charge >= 0.3 is 5.97 Å². The minimum Gasteiger partial charge on any atom is -0.466 e. The standard InChI is InChI=1S/C18H22N2O3S/c1-5-23-14(21)11-13-15(12-9-7-6-8-10-12)19-17(24-13)20-16(22)18(2,3)4/h6-10H,5,11H2,1-4H3,(H,19,20,22). The smallest absolute Gasteiger partial charge is 0.311 e. The number of hydrogen-bond donors (Lipinski definition) is 1. The zero-order valence-corrected chi connectivity index (χ0v) is 15.2. The molecule has 2 rings (SSSR count). The fraction of sp³-hybridized carbons (Fsp3) is 0.389. The fourth-order valence-corrected chi connectivity index (χ4v) is 2.94. The Morgan fingerprint density at radius 3 is 2.46 bits per heavy atom. The lowest BCUT2D eigenvalue weighted by Gasteiger charge is -2.15. The van der Waals surface area contributed by atoms with Gasteiger partial charge in [0, 0.05) is 15.9 Å². The number of hydrogen-bond acceptors (Lipinski definition) is 5. The second-order valence-corrected chi connectivity index (χ2v) is 7.43. The van der Waals surface area contributed by atoms with Crippen LogP contribution in [0, 0.1) is 5.41 Å². The van der Waals surface area contributed by atoms with E-state index in [1.165, 1.54) is 11.3 Å². The Balaban J connectivity index is 2.33. The first kappa shape index (κ1) is 18.1. The third-order valence-corrected chi connectivity index (χ3v) is 4.23. The molecule has 0 saturated heterocycles. The predicted molar refractivity (Wildman–Crippen MR) is 96.0 cm³/mol. The van der Waals surface area contributed by atoms with E-state index in [0.29, 0.717) is 17.4 Å². The van der Waals surface area contributed by atoms with E-state index in [9.17, 15) is 9.59 Å². The number of nitrogens with zero attached hydrogens (tertiary/aromatic N) is 1. The Hall–Kier alpha value is -2.21. The summed E-state index contributed by atoms with van der Waals surface area (Å²) < 4.78 is 5.03. The first-order valence-electron chi connectivity index (χ1n) is 7.83. The van der Waals surface area contributed by atoms with Crippen molar-refractivity contribution in [2.45, 2.75) is 34.1 Å². The summed E-state index contributed by atoms with van der Waals surface area (Å²) in [5.41, 5.74) is 1.10. The number of anilines is 1. The molecule has 24 heavy (non-hydrogen) atoms. The summed E-state index contributed by atoms with van der Waals surface area (Å²) in [6.07, 6.45) is 0.140. The number of carbonyl (C=O) groups is 2. The molecule has 0 aliphatic carbocycles. The van der Waals surface area contributed by atoms with Gasteiger partial charge < -0.3 is 10.1 Å². The molecule has 6 heteroatoms. The van der Waals surface area contributed by atoms with Gasteiger partial charge in [0.2, 0.25) is 5.91 Å². The van der Waals surface area contributed by atoms with E-state index in [-0.39, 0.29) is 18.3 Å². The lowest BCUT2D eigenvalue weighted by atomic mass is 9.96. The van der Waals surface area contributed by atoms with E-state index in [2.05, 4.69) is 10.3 Å². The van der Waals surface area contributed by atoms with Crippen molar-refractivity contribution in [3.8, 4) is 11.3 Å². The maximum Gasteiger partial charge on any atom is 0.311 e. The van der Waals surface area contributed by atoms with Crippen LogP contribution in [0.1, 0.15) is 32.6 Å². The molecule has 128 valence electrons. The number of amides is 1. The molecule has 0 bridgehead atoms. The molecule has 0 saturated carbocycles. The van der Waals surface area contributed by atoms with Gasteiger partial charge in [-0.25, -0.2) is 4.98 Å². The monoisotopic (exact) mass is 346 g/mol. The number of nitrogens with one attached hydrogen (secondary N) is 1. The average Bonchev–Trinajstić information content (AvgIpc) is 2.89. The summed E-state index contributed by atoms with van der Waals surface area (Å²) in [6, 6.07) is 9.60. The van der Waals surface area contributed by atoms with Crippen molar-refractivity contribution in [3.63, 3.8) is 0 Å². The van der Waals surface area contributed by atoms with Crippen molar-refractivity contribution in [2.24, 2.45) is 5.41 Å². The summed E-state index contributed by atoms with van der Waals surface area (Å²) in [6.45, 7) is 7.64. The lowest BCUT2D eigenvalue weighted by Crippen LogP contribution is -2.27. The Labute approximate surface area is 146 Å². The molecule has 0 aliphatic rings. The van der Waals surface area contributed by atoms with E-state index in [4.69, 9.17) is 4.74 Å². The molecule has 1 aromatic heterocycles. The summed E-state index contributed by atoms with van der Waals surface area (Å²) >= 11 is 1.31. The molecule has 5 nitrogen and oxygen atoms in total. The van der Waals surface area contributed by atoms with Crippen LogP contribution in [0.25, 0.3) is 11.3 Å². The summed E-state index contributed by atoms with van der Waals surface area (Å²) in [7, 11) is 0. The van der Waals surface area contributed by atoms with Crippen LogP contribution in [-0.2, 0) is 20.7 Å². The van der Waals surface area contributed by atoms with Gasteiger partial charge in [-0.05, 0) is 6.92 Å². The zero-order valence-electron chi connectivity index (χ0n) is 14.4. The number of carbonyl (C=O) groups excluding carboxylic acids is 2. The minimum atomic E-state index is -0.514. The maximum absolute atomic E-state index is 12.2. The quantitative estimate of drug-likeness (QED) is 0.834. The first-order valence-corrected chi connectivity index (χ1v) is 8.65. The van der Waals surface area contributed by atoms with Gasteiger partial charge in [-0.15, -0.1) is 11.3 Å². The molecule has 0 atom stereocenters. The molecule has 1 heterocycles. The number of ether oxygens (including phenoxy) is 1. The largest absolute Gasteiger partial charge is 0.466 e. The molecular formula is C18H22N2O3S. The van der Waals surface area contributed by atoms with E-state index in [0.717, 1.165) is 10.4 Å². The Bertz CT molecular complexity index is 718. The van der Waals surface area contributed by atoms with Crippen LogP contribution in [0.3, 0.4) is 0 Å². The van der Waals surface area contributed by atoms with Gasteiger partial charge in [0.15, 0.2) is 5.13 Å². The molecule has 2 aromatic rings. The molecule has 0 spiro atoms. The van der Waals surface area contributed by atoms with Crippen molar-refractivity contribution < 1.29 is 14.3 Å². The van der Waals surface area contributed by atoms with Gasteiger partial charge in [-0.2, -0.15) is 0 Å². The van der Waals surface area contributed by atoms with Gasteiger partial charge in [0.25, 0.3) is 0 Å². The van der Waals surface area contributed by atoms with E-state index < -0.39 is 5.41 Å². The fourth-order valence-electron chi connectivity index (χ4n) is 1.97. The zero-order chi connectivity index (χ0) is 17.7. The number of benzene rings is 1. The average molecular weight is 346 g/mol. The van der Waals surface area contributed by atoms with E-state index >= 15 is 0 Å². The van der Waals surface area contributed by atoms with Gasteiger partial charge in [-0.3, -0.25) is 9.59 Å². The Kier molecular flexibility index (Phi) is 5.72. The van der Waals surface area contributed by atoms with Gasteiger partial charge in [-0.1, -0.05) is 51.1 Å². The SMILES string of the molecule is CCOC(=O)Cc1sc(NC(=O)C(C)(C)C)nc1-c1ccccc1. The molecule has 0 fully saturated rings. The lowest BCUT2D eigenvalue weighted by molar-refractivity contribution is -0.142. The van der Waals surface area contributed by atoms with Crippen LogP contribution in [-0.4, -0.2) is 23.5 Å². The third-order valence-electron chi connectivity index (χ3n) is 3.26. The highest BCUT2D eigenvalue weighted by molar-refractivity contribution is 7.16. The van der Waals surface area contributed by atoms with E-state index in [1.807, 2.05) is 51.1 Å². The number of thiazole rings is 1. The highest BCUT2D eigenvalue weighted by Gasteiger charge is 2.24. The molecular weight excluding hydrogens is 324 g/mol. The Morgan fingerprint density at radius 1 is 1.21 bits per heavy atom. The van der Waals surface area contributed by atoms with Crippen LogP contribution < -0.4 is 5.32 Å².